The third-order valence-electron chi connectivity index (χ3n) is 13.2. The van der Waals surface area contributed by atoms with Crippen molar-refractivity contribution in [1.29, 1.82) is 0 Å². The maximum absolute atomic E-state index is 13.5. The van der Waals surface area contributed by atoms with E-state index in [1.165, 1.54) is 5.56 Å². The number of anilines is 4. The van der Waals surface area contributed by atoms with Crippen molar-refractivity contribution in [3.05, 3.63) is 84.4 Å². The minimum absolute atomic E-state index is 0.0277. The molecule has 320 valence electrons. The van der Waals surface area contributed by atoms with E-state index in [0.717, 1.165) is 61.6 Å². The van der Waals surface area contributed by atoms with Gasteiger partial charge in [-0.1, -0.05) is 30.3 Å². The van der Waals surface area contributed by atoms with Gasteiger partial charge >= 0.3 is 0 Å². The molecule has 3 amide bonds. The molecule has 0 radical (unpaired) electrons. The van der Waals surface area contributed by atoms with Crippen molar-refractivity contribution >= 4 is 40.6 Å². The zero-order valence-corrected chi connectivity index (χ0v) is 34.7. The number of para-hydroxylation sites is 1. The number of amides is 3. The Bertz CT molecular complexity index is 2230. The largest absolute Gasteiger partial charge is 0.507 e. The standard InChI is InChI=1S/C46H55N9O6/c1-51(40-12-13-43(57)48-46(40)59)32-7-4-6-31(22-32)30-14-18-52(19-15-30)27-44(58)53-20-16-36(17-21-53)61-37-9-5-8-33(23-37)55-34-25-54(26-35(55)29-60-28-34)41-24-39(49-50-45(41)47)38-10-2-3-11-42(38)56/h2-11,22-24,30,34-36,40,56H,12-21,25-29H2,1H3,(H2,47,50)(H,48,57,59). The van der Waals surface area contributed by atoms with Gasteiger partial charge in [-0.15, -0.1) is 10.2 Å². The van der Waals surface area contributed by atoms with Crippen LogP contribution in [0.5, 0.6) is 11.5 Å². The van der Waals surface area contributed by atoms with Gasteiger partial charge in [0.15, 0.2) is 5.82 Å². The molecule has 3 atom stereocenters. The number of aromatic nitrogens is 2. The average Bonchev–Trinajstić information content (AvgIpc) is 3.27. The maximum Gasteiger partial charge on any atom is 0.249 e. The Hall–Kier alpha value is -5.93. The van der Waals surface area contributed by atoms with Crippen molar-refractivity contribution in [2.24, 2.45) is 0 Å². The Morgan fingerprint density at radius 3 is 2.41 bits per heavy atom. The van der Waals surface area contributed by atoms with E-state index in [1.54, 1.807) is 12.1 Å². The summed E-state index contributed by atoms with van der Waals surface area (Å²) in [7, 11) is 1.92. The number of carbonyl (C=O) groups is 3. The van der Waals surface area contributed by atoms with Gasteiger partial charge in [0.1, 0.15) is 23.6 Å². The van der Waals surface area contributed by atoms with Gasteiger partial charge in [0.05, 0.1) is 43.2 Å². The summed E-state index contributed by atoms with van der Waals surface area (Å²) in [5.41, 5.74) is 11.7. The van der Waals surface area contributed by atoms with E-state index in [9.17, 15) is 19.5 Å². The third kappa shape index (κ3) is 8.80. The first kappa shape index (κ1) is 40.5. The van der Waals surface area contributed by atoms with Crippen molar-refractivity contribution < 1.29 is 29.0 Å². The molecule has 15 heteroatoms. The highest BCUT2D eigenvalue weighted by atomic mass is 16.5. The lowest BCUT2D eigenvalue weighted by Gasteiger charge is -2.51. The number of phenols is 1. The Kier molecular flexibility index (Phi) is 11.7. The zero-order chi connectivity index (χ0) is 42.0. The molecule has 1 aromatic heterocycles. The SMILES string of the molecule is CN(c1cccc(C2CCN(CC(=O)N3CCC(Oc4cccc(N5C6COCC5CN(c5cc(-c7ccccc7O)nnc5N)C6)c4)CC3)CC2)c1)C1CCC(=O)NC1=O. The monoisotopic (exact) mass is 829 g/mol. The summed E-state index contributed by atoms with van der Waals surface area (Å²) < 4.78 is 12.6. The van der Waals surface area contributed by atoms with Gasteiger partial charge < -0.3 is 39.9 Å². The smallest absolute Gasteiger partial charge is 0.249 e. The van der Waals surface area contributed by atoms with E-state index in [0.29, 0.717) is 81.8 Å². The topological polar surface area (TPSA) is 170 Å². The number of nitrogens with one attached hydrogen (secondary N) is 1. The van der Waals surface area contributed by atoms with Crippen LogP contribution in [0.2, 0.25) is 0 Å². The van der Waals surface area contributed by atoms with Crippen LogP contribution in [0.3, 0.4) is 0 Å². The molecule has 4 aromatic rings. The first-order valence-electron chi connectivity index (χ1n) is 21.6. The molecular formula is C46H55N9O6. The summed E-state index contributed by atoms with van der Waals surface area (Å²) in [4.78, 5) is 48.6. The molecule has 4 N–H and O–H groups in total. The number of aromatic hydroxyl groups is 1. The summed E-state index contributed by atoms with van der Waals surface area (Å²) in [6.45, 7) is 6.02. The number of hydrogen-bond donors (Lipinski definition) is 3. The van der Waals surface area contributed by atoms with Crippen molar-refractivity contribution in [3.63, 3.8) is 0 Å². The number of piperidine rings is 3. The van der Waals surface area contributed by atoms with Gasteiger partial charge in [0.2, 0.25) is 17.7 Å². The molecular weight excluding hydrogens is 775 g/mol. The van der Waals surface area contributed by atoms with Crippen LogP contribution in [0.4, 0.5) is 22.9 Å². The molecule has 15 nitrogen and oxygen atoms in total. The molecule has 6 heterocycles. The summed E-state index contributed by atoms with van der Waals surface area (Å²) in [5, 5.41) is 21.4. The molecule has 9 rings (SSSR count). The molecule has 61 heavy (non-hydrogen) atoms. The number of nitrogens with zero attached hydrogens (tertiary/aromatic N) is 7. The van der Waals surface area contributed by atoms with E-state index in [2.05, 4.69) is 60.5 Å². The summed E-state index contributed by atoms with van der Waals surface area (Å²) in [6, 6.07) is 25.5. The minimum Gasteiger partial charge on any atom is -0.507 e. The van der Waals surface area contributed by atoms with E-state index in [4.69, 9.17) is 15.2 Å². The van der Waals surface area contributed by atoms with Crippen LogP contribution in [0.1, 0.15) is 50.0 Å². The Labute approximate surface area is 356 Å². The van der Waals surface area contributed by atoms with Gasteiger partial charge in [-0.2, -0.15) is 0 Å². The van der Waals surface area contributed by atoms with Gasteiger partial charge in [0, 0.05) is 75.5 Å². The number of fused-ring (bicyclic) bond motifs is 2. The number of nitrogen functional groups attached to an aromatic ring is 1. The Balaban J connectivity index is 0.751. The molecule has 2 bridgehead atoms. The summed E-state index contributed by atoms with van der Waals surface area (Å²) in [5.74, 6) is 1.45. The number of hydrogen-bond acceptors (Lipinski definition) is 13. The fourth-order valence-electron chi connectivity index (χ4n) is 9.83. The second-order valence-electron chi connectivity index (χ2n) is 17.1. The highest BCUT2D eigenvalue weighted by Gasteiger charge is 2.40. The minimum atomic E-state index is -0.356. The van der Waals surface area contributed by atoms with Gasteiger partial charge in [-0.05, 0) is 86.3 Å². The number of piperazine rings is 1. The molecule has 3 aromatic carbocycles. The van der Waals surface area contributed by atoms with E-state index in [1.807, 2.05) is 53.2 Å². The van der Waals surface area contributed by atoms with Crippen LogP contribution in [0.15, 0.2) is 78.9 Å². The van der Waals surface area contributed by atoms with Crippen LogP contribution < -0.4 is 30.5 Å². The molecule has 3 unspecified atom stereocenters. The molecule has 0 spiro atoms. The number of benzene rings is 3. The first-order valence-corrected chi connectivity index (χ1v) is 21.6. The first-order chi connectivity index (χ1) is 29.7. The predicted molar refractivity (Wildman–Crippen MR) is 233 cm³/mol. The highest BCUT2D eigenvalue weighted by molar-refractivity contribution is 6.01. The molecule has 5 aliphatic heterocycles. The lowest BCUT2D eigenvalue weighted by Crippen LogP contribution is -2.65. The molecule has 0 saturated carbocycles. The van der Waals surface area contributed by atoms with Crippen LogP contribution in [-0.4, -0.2) is 133 Å². The molecule has 5 fully saturated rings. The predicted octanol–water partition coefficient (Wildman–Crippen LogP) is 4.02. The normalized spacial score (nSPS) is 22.8. The van der Waals surface area contributed by atoms with E-state index >= 15 is 0 Å². The van der Waals surface area contributed by atoms with Gasteiger partial charge in [-0.25, -0.2) is 0 Å². The van der Waals surface area contributed by atoms with Crippen LogP contribution in [0, 0.1) is 0 Å². The summed E-state index contributed by atoms with van der Waals surface area (Å²) >= 11 is 0. The fourth-order valence-corrected chi connectivity index (χ4v) is 9.83. The molecule has 5 aliphatic rings. The lowest BCUT2D eigenvalue weighted by atomic mass is 9.89. The molecule has 5 saturated heterocycles. The number of likely N-dealkylation sites (N-methyl/N-ethyl adjacent to an activating group) is 1. The van der Waals surface area contributed by atoms with Crippen molar-refractivity contribution in [2.45, 2.75) is 68.7 Å². The number of morpholine rings is 1. The van der Waals surface area contributed by atoms with Crippen LogP contribution >= 0.6 is 0 Å². The lowest BCUT2D eigenvalue weighted by molar-refractivity contribution is -0.135. The third-order valence-corrected chi connectivity index (χ3v) is 13.2. The summed E-state index contributed by atoms with van der Waals surface area (Å²) in [6.07, 6.45) is 4.40. The van der Waals surface area contributed by atoms with Crippen LogP contribution in [0.25, 0.3) is 11.3 Å². The number of nitrogens with two attached hydrogens (primary N) is 1. The van der Waals surface area contributed by atoms with Gasteiger partial charge in [-0.3, -0.25) is 24.6 Å². The number of carbonyl (C=O) groups excluding carboxylic acids is 3. The number of phenolic OH excluding ortho intramolecular Hbond substituents is 1. The molecule has 0 aliphatic carbocycles. The van der Waals surface area contributed by atoms with E-state index < -0.39 is 0 Å². The van der Waals surface area contributed by atoms with Crippen LogP contribution in [-0.2, 0) is 19.1 Å². The van der Waals surface area contributed by atoms with Gasteiger partial charge in [0.25, 0.3) is 0 Å². The fraction of sp³-hybridized carbons (Fsp3) is 0.457. The second kappa shape index (κ2) is 17.6. The maximum atomic E-state index is 13.5. The Morgan fingerprint density at radius 1 is 0.902 bits per heavy atom. The van der Waals surface area contributed by atoms with Crippen molar-refractivity contribution in [3.8, 4) is 22.8 Å². The second-order valence-corrected chi connectivity index (χ2v) is 17.1. The Morgan fingerprint density at radius 2 is 1.66 bits per heavy atom. The number of ether oxygens (including phenoxy) is 2. The average molecular weight is 830 g/mol. The van der Waals surface area contributed by atoms with E-state index in [-0.39, 0.29) is 47.7 Å². The van der Waals surface area contributed by atoms with Crippen molar-refractivity contribution in [2.75, 3.05) is 86.5 Å². The quantitative estimate of drug-likeness (QED) is 0.196. The number of likely N-dealkylation sites (tertiary alicyclic amines) is 2. The zero-order valence-electron chi connectivity index (χ0n) is 34.7. The number of rotatable bonds is 10. The highest BCUT2D eigenvalue weighted by Crippen LogP contribution is 2.37. The number of imide groups is 1. The van der Waals surface area contributed by atoms with Crippen molar-refractivity contribution in [1.82, 2.24) is 25.3 Å².